The molecule has 4 heteroatoms. The number of hydrogen-bond donors (Lipinski definition) is 0. The van der Waals surface area contributed by atoms with Gasteiger partial charge >= 0.3 is 0 Å². The topological polar surface area (TPSA) is 26.5 Å². The monoisotopic (exact) mass is 266 g/mol. The minimum Gasteiger partial charge on any atom is -0.495 e. The van der Waals surface area contributed by atoms with Crippen LogP contribution in [0.15, 0.2) is 22.9 Å². The van der Waals surface area contributed by atoms with E-state index in [0.717, 1.165) is 15.9 Å². The van der Waals surface area contributed by atoms with Gasteiger partial charge in [0.25, 0.3) is 0 Å². The van der Waals surface area contributed by atoms with Gasteiger partial charge in [0.1, 0.15) is 11.4 Å². The molecule has 0 amide bonds. The van der Waals surface area contributed by atoms with Crippen LogP contribution in [0.2, 0.25) is 0 Å². The Labute approximate surface area is 96.2 Å². The summed E-state index contributed by atoms with van der Waals surface area (Å²) >= 11 is 3.47. The van der Waals surface area contributed by atoms with Crippen molar-refractivity contribution in [1.82, 2.24) is 9.38 Å². The molecular weight excluding hydrogens is 256 g/mol. The molecule has 2 aromatic heterocycles. The van der Waals surface area contributed by atoms with E-state index in [1.54, 1.807) is 7.11 Å². The van der Waals surface area contributed by atoms with Crippen LogP contribution in [0, 0.1) is 0 Å². The molecule has 3 rings (SSSR count). The van der Waals surface area contributed by atoms with Crippen LogP contribution in [0.3, 0.4) is 0 Å². The van der Waals surface area contributed by atoms with E-state index in [-0.39, 0.29) is 0 Å². The van der Waals surface area contributed by atoms with Crippen molar-refractivity contribution in [2.45, 2.75) is 18.8 Å². The van der Waals surface area contributed by atoms with E-state index < -0.39 is 0 Å². The van der Waals surface area contributed by atoms with Crippen LogP contribution in [0.1, 0.15) is 24.5 Å². The second-order valence-electron chi connectivity index (χ2n) is 3.90. The fourth-order valence-corrected chi connectivity index (χ4v) is 2.24. The molecule has 1 aliphatic carbocycles. The van der Waals surface area contributed by atoms with Gasteiger partial charge in [0, 0.05) is 24.4 Å². The summed E-state index contributed by atoms with van der Waals surface area (Å²) in [4.78, 5) is 4.59. The fraction of sp³-hybridized carbons (Fsp3) is 0.364. The van der Waals surface area contributed by atoms with Crippen molar-refractivity contribution in [3.05, 3.63) is 28.6 Å². The number of methoxy groups -OCH3 is 1. The molecule has 2 aromatic rings. The molecule has 0 aromatic carbocycles. The Bertz CT molecular complexity index is 517. The standard InChI is InChI=1S/C11H11BrN2O/c1-15-10-4-11-13-9(7-2-3-7)6-14(11)5-8(10)12/h4-7H,2-3H2,1H3. The van der Waals surface area contributed by atoms with Gasteiger partial charge in [-0.15, -0.1) is 0 Å². The number of aromatic nitrogens is 2. The van der Waals surface area contributed by atoms with Crippen molar-refractivity contribution in [2.75, 3.05) is 7.11 Å². The summed E-state index contributed by atoms with van der Waals surface area (Å²) in [7, 11) is 1.67. The molecular formula is C11H11BrN2O. The lowest BCUT2D eigenvalue weighted by molar-refractivity contribution is 0.412. The van der Waals surface area contributed by atoms with Gasteiger partial charge in [-0.3, -0.25) is 0 Å². The Morgan fingerprint density at radius 1 is 1.47 bits per heavy atom. The van der Waals surface area contributed by atoms with E-state index in [1.807, 2.05) is 16.7 Å². The summed E-state index contributed by atoms with van der Waals surface area (Å²) in [5.74, 6) is 1.52. The van der Waals surface area contributed by atoms with Crippen molar-refractivity contribution < 1.29 is 4.74 Å². The Balaban J connectivity index is 2.16. The Hall–Kier alpha value is -1.03. The van der Waals surface area contributed by atoms with Gasteiger partial charge in [0.2, 0.25) is 0 Å². The maximum absolute atomic E-state index is 5.24. The second-order valence-corrected chi connectivity index (χ2v) is 4.75. The molecule has 0 N–H and O–H groups in total. The predicted molar refractivity (Wildman–Crippen MR) is 61.4 cm³/mol. The lowest BCUT2D eigenvalue weighted by Crippen LogP contribution is -1.88. The highest BCUT2D eigenvalue weighted by Gasteiger charge is 2.26. The van der Waals surface area contributed by atoms with Crippen LogP contribution >= 0.6 is 15.9 Å². The molecule has 2 heterocycles. The smallest absolute Gasteiger partial charge is 0.140 e. The normalized spacial score (nSPS) is 15.9. The lowest BCUT2D eigenvalue weighted by atomic mass is 10.3. The maximum Gasteiger partial charge on any atom is 0.140 e. The molecule has 0 unspecified atom stereocenters. The zero-order valence-corrected chi connectivity index (χ0v) is 9.99. The number of halogens is 1. The molecule has 0 atom stereocenters. The lowest BCUT2D eigenvalue weighted by Gasteiger charge is -2.02. The summed E-state index contributed by atoms with van der Waals surface area (Å²) in [5.41, 5.74) is 2.16. The van der Waals surface area contributed by atoms with Crippen molar-refractivity contribution >= 4 is 21.6 Å². The van der Waals surface area contributed by atoms with E-state index in [1.165, 1.54) is 18.5 Å². The molecule has 1 aliphatic rings. The highest BCUT2D eigenvalue weighted by atomic mass is 79.9. The van der Waals surface area contributed by atoms with E-state index >= 15 is 0 Å². The summed E-state index contributed by atoms with van der Waals surface area (Å²) < 4.78 is 8.24. The third-order valence-electron chi connectivity index (χ3n) is 2.74. The minimum absolute atomic E-state index is 0.690. The van der Waals surface area contributed by atoms with Gasteiger partial charge < -0.3 is 9.14 Å². The number of hydrogen-bond acceptors (Lipinski definition) is 2. The Kier molecular flexibility index (Phi) is 1.99. The van der Waals surface area contributed by atoms with Crippen LogP contribution in [0.25, 0.3) is 5.65 Å². The number of rotatable bonds is 2. The van der Waals surface area contributed by atoms with E-state index in [0.29, 0.717) is 5.92 Å². The van der Waals surface area contributed by atoms with Gasteiger partial charge in [-0.25, -0.2) is 4.98 Å². The minimum atomic E-state index is 0.690. The largest absolute Gasteiger partial charge is 0.495 e. The molecule has 0 saturated heterocycles. The molecule has 0 spiro atoms. The maximum atomic E-state index is 5.24. The summed E-state index contributed by atoms with van der Waals surface area (Å²) in [6.07, 6.45) is 6.66. The van der Waals surface area contributed by atoms with E-state index in [2.05, 4.69) is 27.1 Å². The molecule has 78 valence electrons. The fourth-order valence-electron chi connectivity index (χ4n) is 1.74. The molecule has 1 saturated carbocycles. The quantitative estimate of drug-likeness (QED) is 0.836. The highest BCUT2D eigenvalue weighted by Crippen LogP contribution is 2.39. The molecule has 15 heavy (non-hydrogen) atoms. The van der Waals surface area contributed by atoms with Gasteiger partial charge in [0.15, 0.2) is 0 Å². The molecule has 0 bridgehead atoms. The Morgan fingerprint density at radius 3 is 2.93 bits per heavy atom. The number of ether oxygens (including phenoxy) is 1. The Morgan fingerprint density at radius 2 is 2.27 bits per heavy atom. The average Bonchev–Trinajstić information content (AvgIpc) is 2.99. The average molecular weight is 267 g/mol. The third kappa shape index (κ3) is 1.53. The first-order chi connectivity index (χ1) is 7.28. The number of imidazole rings is 1. The van der Waals surface area contributed by atoms with Crippen molar-refractivity contribution in [3.63, 3.8) is 0 Å². The zero-order valence-electron chi connectivity index (χ0n) is 8.40. The van der Waals surface area contributed by atoms with Crippen LogP contribution in [-0.4, -0.2) is 16.5 Å². The van der Waals surface area contributed by atoms with Crippen LogP contribution < -0.4 is 4.74 Å². The first-order valence-corrected chi connectivity index (χ1v) is 5.79. The number of fused-ring (bicyclic) bond motifs is 1. The van der Waals surface area contributed by atoms with Gasteiger partial charge in [0.05, 0.1) is 17.3 Å². The van der Waals surface area contributed by atoms with Gasteiger partial charge in [-0.2, -0.15) is 0 Å². The van der Waals surface area contributed by atoms with Gasteiger partial charge in [-0.05, 0) is 28.8 Å². The van der Waals surface area contributed by atoms with Crippen molar-refractivity contribution in [3.8, 4) is 5.75 Å². The number of pyridine rings is 1. The van der Waals surface area contributed by atoms with Crippen molar-refractivity contribution in [1.29, 1.82) is 0 Å². The summed E-state index contributed by atoms with van der Waals surface area (Å²) in [5, 5.41) is 0. The number of nitrogens with zero attached hydrogens (tertiary/aromatic N) is 2. The summed E-state index contributed by atoms with van der Waals surface area (Å²) in [6.45, 7) is 0. The molecule has 0 aliphatic heterocycles. The SMILES string of the molecule is COc1cc2nc(C3CC3)cn2cc1Br. The van der Waals surface area contributed by atoms with Crippen LogP contribution in [0.4, 0.5) is 0 Å². The predicted octanol–water partition coefficient (Wildman–Crippen LogP) is 2.98. The summed E-state index contributed by atoms with van der Waals surface area (Å²) in [6, 6.07) is 1.95. The third-order valence-corrected chi connectivity index (χ3v) is 3.34. The van der Waals surface area contributed by atoms with Gasteiger partial charge in [-0.1, -0.05) is 0 Å². The van der Waals surface area contributed by atoms with Crippen LogP contribution in [0.5, 0.6) is 5.75 Å². The second kappa shape index (κ2) is 3.23. The van der Waals surface area contributed by atoms with E-state index in [4.69, 9.17) is 4.74 Å². The molecule has 0 radical (unpaired) electrons. The van der Waals surface area contributed by atoms with E-state index in [9.17, 15) is 0 Å². The molecule has 3 nitrogen and oxygen atoms in total. The van der Waals surface area contributed by atoms with Crippen LogP contribution in [-0.2, 0) is 0 Å². The first-order valence-electron chi connectivity index (χ1n) is 5.00. The van der Waals surface area contributed by atoms with Crippen molar-refractivity contribution in [2.24, 2.45) is 0 Å². The first kappa shape index (κ1) is 9.21. The highest BCUT2D eigenvalue weighted by molar-refractivity contribution is 9.10. The molecule has 1 fully saturated rings. The zero-order chi connectivity index (χ0) is 10.4.